The zero-order chi connectivity index (χ0) is 30.0. The number of carbonyl (C=O) groups is 4. The molecule has 1 aliphatic heterocycles. The molecule has 0 atom stereocenters. The van der Waals surface area contributed by atoms with Crippen LogP contribution in [0.15, 0.2) is 24.3 Å². The van der Waals surface area contributed by atoms with Crippen molar-refractivity contribution in [2.24, 2.45) is 0 Å². The molecule has 1 aliphatic rings. The second kappa shape index (κ2) is 14.2. The van der Waals surface area contributed by atoms with Gasteiger partial charge in [0.05, 0.1) is 37.3 Å². The summed E-state index contributed by atoms with van der Waals surface area (Å²) < 4.78 is 11.9. The third kappa shape index (κ3) is 10.6. The highest BCUT2D eigenvalue weighted by Crippen LogP contribution is 2.22. The number of nitrogens with zero attached hydrogens (tertiary/aromatic N) is 5. The van der Waals surface area contributed by atoms with E-state index >= 15 is 0 Å². The van der Waals surface area contributed by atoms with E-state index in [2.05, 4.69) is 25.7 Å². The third-order valence-electron chi connectivity index (χ3n) is 6.40. The lowest BCUT2D eigenvalue weighted by Gasteiger charge is -2.29. The van der Waals surface area contributed by atoms with Crippen molar-refractivity contribution < 1.29 is 33.5 Å². The summed E-state index contributed by atoms with van der Waals surface area (Å²) in [6, 6.07) is 7.35. The molecule has 0 radical (unpaired) electrons. The van der Waals surface area contributed by atoms with Crippen LogP contribution in [-0.2, 0) is 39.9 Å². The number of imide groups is 1. The van der Waals surface area contributed by atoms with Crippen molar-refractivity contribution in [1.29, 1.82) is 0 Å². The van der Waals surface area contributed by atoms with Crippen molar-refractivity contribution in [1.82, 2.24) is 30.8 Å². The number of nitrogens with one attached hydrogen (secondary N) is 1. The Morgan fingerprint density at radius 2 is 1.46 bits per heavy atom. The fraction of sp³-hybridized carbons (Fsp3) is 0.571. The molecular formula is C28H38N6O7. The van der Waals surface area contributed by atoms with Crippen LogP contribution in [0.1, 0.15) is 71.2 Å². The molecule has 0 aliphatic carbocycles. The number of benzene rings is 1. The quantitative estimate of drug-likeness (QED) is 0.247. The standard InChI is InChI=1S/C28H38N6O7/c1-19-30-32-26(33-31-19)21-8-6-20(7-9-21)18-22(35)29-15-17-40-28(4,5)14-16-39-27(2,3)13-12-25(38)41-34-23(36)10-11-24(34)37/h6-9H,10-18H2,1-5H3,(H,29,35). The minimum Gasteiger partial charge on any atom is -0.375 e. The summed E-state index contributed by atoms with van der Waals surface area (Å²) in [4.78, 5) is 52.5. The maximum Gasteiger partial charge on any atom is 0.333 e. The van der Waals surface area contributed by atoms with Gasteiger partial charge < -0.3 is 19.6 Å². The predicted octanol–water partition coefficient (Wildman–Crippen LogP) is 2.27. The maximum absolute atomic E-state index is 12.3. The first-order valence-electron chi connectivity index (χ1n) is 13.6. The lowest BCUT2D eigenvalue weighted by Crippen LogP contribution is -2.35. The molecule has 3 amide bonds. The first kappa shape index (κ1) is 31.7. The molecule has 0 bridgehead atoms. The van der Waals surface area contributed by atoms with Gasteiger partial charge in [0.15, 0.2) is 5.82 Å². The van der Waals surface area contributed by atoms with E-state index in [1.807, 2.05) is 52.0 Å². The first-order valence-corrected chi connectivity index (χ1v) is 13.6. The second-order valence-electron chi connectivity index (χ2n) is 11.0. The summed E-state index contributed by atoms with van der Waals surface area (Å²) in [6.45, 7) is 10.4. The van der Waals surface area contributed by atoms with E-state index in [9.17, 15) is 19.2 Å². The number of hydrogen-bond donors (Lipinski definition) is 1. The van der Waals surface area contributed by atoms with E-state index in [0.29, 0.717) is 49.3 Å². The number of ether oxygens (including phenoxy) is 2. The van der Waals surface area contributed by atoms with E-state index in [1.54, 1.807) is 6.92 Å². The van der Waals surface area contributed by atoms with Gasteiger partial charge >= 0.3 is 5.97 Å². The second-order valence-corrected chi connectivity index (χ2v) is 11.0. The van der Waals surface area contributed by atoms with Gasteiger partial charge in [0.2, 0.25) is 11.7 Å². The molecule has 0 spiro atoms. The van der Waals surface area contributed by atoms with Crippen molar-refractivity contribution >= 4 is 23.7 Å². The first-order chi connectivity index (χ1) is 19.3. The van der Waals surface area contributed by atoms with Gasteiger partial charge in [-0.3, -0.25) is 14.4 Å². The van der Waals surface area contributed by atoms with Gasteiger partial charge in [-0.15, -0.1) is 25.5 Å². The monoisotopic (exact) mass is 570 g/mol. The van der Waals surface area contributed by atoms with Crippen LogP contribution in [0.3, 0.4) is 0 Å². The molecule has 1 saturated heterocycles. The summed E-state index contributed by atoms with van der Waals surface area (Å²) in [5.41, 5.74) is 0.508. The lowest BCUT2D eigenvalue weighted by molar-refractivity contribution is -0.198. The molecule has 1 fully saturated rings. The molecule has 1 N–H and O–H groups in total. The van der Waals surface area contributed by atoms with Crippen LogP contribution in [0.25, 0.3) is 11.4 Å². The Kier molecular flexibility index (Phi) is 11.0. The van der Waals surface area contributed by atoms with Crippen molar-refractivity contribution in [3.8, 4) is 11.4 Å². The van der Waals surface area contributed by atoms with E-state index in [1.165, 1.54) is 0 Å². The number of amides is 3. The zero-order valence-corrected chi connectivity index (χ0v) is 24.3. The molecule has 13 heteroatoms. The van der Waals surface area contributed by atoms with E-state index in [-0.39, 0.29) is 31.6 Å². The molecule has 1 aromatic heterocycles. The molecule has 3 rings (SSSR count). The Labute approximate surface area is 239 Å². The highest BCUT2D eigenvalue weighted by molar-refractivity contribution is 6.01. The Hall–Kier alpha value is -3.84. The van der Waals surface area contributed by atoms with Crippen molar-refractivity contribution in [2.75, 3.05) is 19.8 Å². The number of carbonyl (C=O) groups excluding carboxylic acids is 4. The van der Waals surface area contributed by atoms with Gasteiger partial charge in [0.1, 0.15) is 0 Å². The smallest absolute Gasteiger partial charge is 0.333 e. The van der Waals surface area contributed by atoms with Crippen LogP contribution < -0.4 is 5.32 Å². The Morgan fingerprint density at radius 3 is 2.10 bits per heavy atom. The van der Waals surface area contributed by atoms with Gasteiger partial charge in [0, 0.05) is 24.9 Å². The Bertz CT molecular complexity index is 1200. The fourth-order valence-corrected chi connectivity index (χ4v) is 3.86. The minimum absolute atomic E-state index is 0.00389. The predicted molar refractivity (Wildman–Crippen MR) is 146 cm³/mol. The summed E-state index contributed by atoms with van der Waals surface area (Å²) in [6.07, 6.45) is 1.30. The summed E-state index contributed by atoms with van der Waals surface area (Å²) in [5, 5.41) is 19.2. The Balaban J connectivity index is 1.29. The molecule has 1 aromatic carbocycles. The van der Waals surface area contributed by atoms with Crippen LogP contribution >= 0.6 is 0 Å². The topological polar surface area (TPSA) is 163 Å². The molecule has 41 heavy (non-hydrogen) atoms. The van der Waals surface area contributed by atoms with Crippen LogP contribution in [0.2, 0.25) is 0 Å². The molecule has 0 saturated carbocycles. The van der Waals surface area contributed by atoms with Gasteiger partial charge in [0.25, 0.3) is 11.8 Å². The number of rotatable bonds is 15. The van der Waals surface area contributed by atoms with Crippen LogP contribution in [0, 0.1) is 6.92 Å². The van der Waals surface area contributed by atoms with Gasteiger partial charge in [-0.05, 0) is 53.0 Å². The number of aromatic nitrogens is 4. The third-order valence-corrected chi connectivity index (χ3v) is 6.40. The van der Waals surface area contributed by atoms with Crippen LogP contribution in [0.4, 0.5) is 0 Å². The fourth-order valence-electron chi connectivity index (χ4n) is 3.86. The molecule has 2 aromatic rings. The minimum atomic E-state index is -0.653. The number of hydroxylamine groups is 2. The molecule has 13 nitrogen and oxygen atoms in total. The highest BCUT2D eigenvalue weighted by atomic mass is 16.7. The van der Waals surface area contributed by atoms with Crippen LogP contribution in [-0.4, -0.2) is 80.1 Å². The van der Waals surface area contributed by atoms with Gasteiger partial charge in [-0.1, -0.05) is 24.3 Å². The highest BCUT2D eigenvalue weighted by Gasteiger charge is 2.33. The molecule has 2 heterocycles. The average Bonchev–Trinajstić information content (AvgIpc) is 3.23. The SMILES string of the molecule is Cc1nnc(-c2ccc(CC(=O)NCCOC(C)(C)CCOC(C)(C)CCC(=O)ON3C(=O)CCC3=O)cc2)nn1. The zero-order valence-electron chi connectivity index (χ0n) is 24.3. The summed E-state index contributed by atoms with van der Waals surface area (Å²) >= 11 is 0. The number of aryl methyl sites for hydroxylation is 1. The van der Waals surface area contributed by atoms with E-state index in [0.717, 1.165) is 11.1 Å². The van der Waals surface area contributed by atoms with Crippen molar-refractivity contribution in [2.45, 2.75) is 84.3 Å². The Morgan fingerprint density at radius 1 is 0.878 bits per heavy atom. The van der Waals surface area contributed by atoms with Crippen LogP contribution in [0.5, 0.6) is 0 Å². The van der Waals surface area contributed by atoms with Crippen molar-refractivity contribution in [3.63, 3.8) is 0 Å². The van der Waals surface area contributed by atoms with E-state index in [4.69, 9.17) is 14.3 Å². The maximum atomic E-state index is 12.3. The van der Waals surface area contributed by atoms with E-state index < -0.39 is 29.0 Å². The number of hydrogen-bond acceptors (Lipinski definition) is 11. The normalized spacial score (nSPS) is 13.9. The van der Waals surface area contributed by atoms with Gasteiger partial charge in [-0.2, -0.15) is 0 Å². The summed E-state index contributed by atoms with van der Waals surface area (Å²) in [5.74, 6) is -0.849. The largest absolute Gasteiger partial charge is 0.375 e. The summed E-state index contributed by atoms with van der Waals surface area (Å²) in [7, 11) is 0. The lowest BCUT2D eigenvalue weighted by atomic mass is 10.0. The molecular weight excluding hydrogens is 532 g/mol. The van der Waals surface area contributed by atoms with Crippen molar-refractivity contribution in [3.05, 3.63) is 35.7 Å². The van der Waals surface area contributed by atoms with Gasteiger partial charge in [-0.25, -0.2) is 4.79 Å². The molecule has 0 unspecified atom stereocenters. The molecule has 222 valence electrons. The average molecular weight is 571 g/mol.